The van der Waals surface area contributed by atoms with Gasteiger partial charge in [0.1, 0.15) is 5.75 Å². The molecule has 0 aliphatic carbocycles. The van der Waals surface area contributed by atoms with E-state index >= 15 is 0 Å². The van der Waals surface area contributed by atoms with Crippen molar-refractivity contribution in [2.45, 2.75) is 27.3 Å². The highest BCUT2D eigenvalue weighted by atomic mass is 35.5. The highest BCUT2D eigenvalue weighted by molar-refractivity contribution is 6.32. The minimum Gasteiger partial charge on any atom is -0.492 e. The van der Waals surface area contributed by atoms with Crippen molar-refractivity contribution in [3.63, 3.8) is 0 Å². The summed E-state index contributed by atoms with van der Waals surface area (Å²) in [5.74, 6) is 0.728. The molecule has 0 amide bonds. The third kappa shape index (κ3) is 3.45. The standard InChI is InChI=1S/C17H20ClNO/c1-4-20-17-9-8-15(10-16(17)18)19-11-14-7-5-6-12(2)13(14)3/h5-10,19H,4,11H2,1-3H3. The zero-order valence-corrected chi connectivity index (χ0v) is 12.9. The second-order valence-corrected chi connectivity index (χ2v) is 5.20. The maximum atomic E-state index is 6.18. The molecule has 0 fully saturated rings. The first-order valence-electron chi connectivity index (χ1n) is 6.83. The van der Waals surface area contributed by atoms with Crippen LogP contribution in [0.5, 0.6) is 5.75 Å². The molecule has 2 aromatic carbocycles. The minimum atomic E-state index is 0.620. The van der Waals surface area contributed by atoms with Gasteiger partial charge in [-0.15, -0.1) is 0 Å². The van der Waals surface area contributed by atoms with Gasteiger partial charge in [-0.2, -0.15) is 0 Å². The first-order chi connectivity index (χ1) is 9.61. The maximum Gasteiger partial charge on any atom is 0.138 e. The molecule has 0 radical (unpaired) electrons. The molecule has 0 atom stereocenters. The number of hydrogen-bond acceptors (Lipinski definition) is 2. The van der Waals surface area contributed by atoms with Crippen molar-refractivity contribution >= 4 is 17.3 Å². The SMILES string of the molecule is CCOc1ccc(NCc2cccc(C)c2C)cc1Cl. The zero-order chi connectivity index (χ0) is 14.5. The molecule has 20 heavy (non-hydrogen) atoms. The Morgan fingerprint density at radius 2 is 1.95 bits per heavy atom. The van der Waals surface area contributed by atoms with Crippen molar-refractivity contribution in [1.29, 1.82) is 0 Å². The summed E-state index contributed by atoms with van der Waals surface area (Å²) in [4.78, 5) is 0. The molecule has 106 valence electrons. The number of benzene rings is 2. The fourth-order valence-corrected chi connectivity index (χ4v) is 2.32. The van der Waals surface area contributed by atoms with Crippen LogP contribution in [0.4, 0.5) is 5.69 Å². The number of hydrogen-bond donors (Lipinski definition) is 1. The maximum absolute atomic E-state index is 6.18. The van der Waals surface area contributed by atoms with Gasteiger partial charge in [0, 0.05) is 12.2 Å². The van der Waals surface area contributed by atoms with E-state index in [9.17, 15) is 0 Å². The van der Waals surface area contributed by atoms with E-state index in [4.69, 9.17) is 16.3 Å². The zero-order valence-electron chi connectivity index (χ0n) is 12.2. The monoisotopic (exact) mass is 289 g/mol. The minimum absolute atomic E-state index is 0.620. The van der Waals surface area contributed by atoms with Gasteiger partial charge in [-0.25, -0.2) is 0 Å². The summed E-state index contributed by atoms with van der Waals surface area (Å²) in [6, 6.07) is 12.2. The largest absolute Gasteiger partial charge is 0.492 e. The van der Waals surface area contributed by atoms with Crippen LogP contribution in [0.3, 0.4) is 0 Å². The highest BCUT2D eigenvalue weighted by Crippen LogP contribution is 2.28. The Balaban J connectivity index is 2.07. The second-order valence-electron chi connectivity index (χ2n) is 4.79. The summed E-state index contributed by atoms with van der Waals surface area (Å²) in [5.41, 5.74) is 4.94. The van der Waals surface area contributed by atoms with Crippen molar-refractivity contribution in [2.75, 3.05) is 11.9 Å². The van der Waals surface area contributed by atoms with Crippen LogP contribution in [-0.2, 0) is 6.54 Å². The lowest BCUT2D eigenvalue weighted by Gasteiger charge is -2.12. The van der Waals surface area contributed by atoms with Gasteiger partial charge < -0.3 is 10.1 Å². The van der Waals surface area contributed by atoms with Crippen LogP contribution in [0.15, 0.2) is 36.4 Å². The molecule has 0 saturated carbocycles. The molecule has 2 rings (SSSR count). The Hall–Kier alpha value is -1.67. The second kappa shape index (κ2) is 6.67. The van der Waals surface area contributed by atoms with Crippen molar-refractivity contribution in [1.82, 2.24) is 0 Å². The molecule has 0 saturated heterocycles. The molecule has 0 aliphatic heterocycles. The van der Waals surface area contributed by atoms with Crippen molar-refractivity contribution in [3.05, 3.63) is 58.1 Å². The lowest BCUT2D eigenvalue weighted by Crippen LogP contribution is -2.02. The average molecular weight is 290 g/mol. The van der Waals surface area contributed by atoms with Crippen LogP contribution < -0.4 is 10.1 Å². The predicted octanol–water partition coefficient (Wildman–Crippen LogP) is 4.97. The van der Waals surface area contributed by atoms with Crippen LogP contribution >= 0.6 is 11.6 Å². The Bertz CT molecular complexity index is 596. The molecule has 1 N–H and O–H groups in total. The topological polar surface area (TPSA) is 21.3 Å². The molecule has 0 unspecified atom stereocenters. The third-order valence-corrected chi connectivity index (χ3v) is 3.73. The van der Waals surface area contributed by atoms with E-state index in [1.807, 2.05) is 25.1 Å². The third-order valence-electron chi connectivity index (χ3n) is 3.43. The summed E-state index contributed by atoms with van der Waals surface area (Å²) in [5, 5.41) is 4.04. The van der Waals surface area contributed by atoms with E-state index in [1.165, 1.54) is 16.7 Å². The first kappa shape index (κ1) is 14.7. The van der Waals surface area contributed by atoms with Gasteiger partial charge in [0.05, 0.1) is 11.6 Å². The van der Waals surface area contributed by atoms with E-state index in [2.05, 4.69) is 37.4 Å². The molecule has 0 spiro atoms. The molecule has 3 heteroatoms. The van der Waals surface area contributed by atoms with Gasteiger partial charge in [-0.1, -0.05) is 29.8 Å². The molecule has 2 aromatic rings. The number of halogens is 1. The number of rotatable bonds is 5. The Kier molecular flexibility index (Phi) is 4.91. The van der Waals surface area contributed by atoms with Crippen LogP contribution in [-0.4, -0.2) is 6.61 Å². The van der Waals surface area contributed by atoms with Crippen LogP contribution in [0.1, 0.15) is 23.6 Å². The summed E-state index contributed by atoms with van der Waals surface area (Å²) >= 11 is 6.18. The van der Waals surface area contributed by atoms with Gasteiger partial charge in [-0.05, 0) is 55.7 Å². The average Bonchev–Trinajstić information content (AvgIpc) is 2.43. The highest BCUT2D eigenvalue weighted by Gasteiger charge is 2.04. The van der Waals surface area contributed by atoms with E-state index in [-0.39, 0.29) is 0 Å². The molecule has 0 aliphatic rings. The van der Waals surface area contributed by atoms with Crippen molar-refractivity contribution < 1.29 is 4.74 Å². The summed E-state index contributed by atoms with van der Waals surface area (Å²) < 4.78 is 5.43. The number of nitrogens with one attached hydrogen (secondary N) is 1. The van der Waals surface area contributed by atoms with Gasteiger partial charge in [0.15, 0.2) is 0 Å². The fraction of sp³-hybridized carbons (Fsp3) is 0.294. The number of ether oxygens (including phenoxy) is 1. The normalized spacial score (nSPS) is 10.4. The van der Waals surface area contributed by atoms with Gasteiger partial charge >= 0.3 is 0 Å². The van der Waals surface area contributed by atoms with E-state index in [0.717, 1.165) is 18.0 Å². The molecule has 0 bridgehead atoms. The molecule has 0 aromatic heterocycles. The lowest BCUT2D eigenvalue weighted by atomic mass is 10.0. The Morgan fingerprint density at radius 3 is 2.65 bits per heavy atom. The summed E-state index contributed by atoms with van der Waals surface area (Å²) in [6.07, 6.45) is 0. The smallest absolute Gasteiger partial charge is 0.138 e. The summed E-state index contributed by atoms with van der Waals surface area (Å²) in [7, 11) is 0. The van der Waals surface area contributed by atoms with Gasteiger partial charge in [-0.3, -0.25) is 0 Å². The van der Waals surface area contributed by atoms with Crippen LogP contribution in [0.25, 0.3) is 0 Å². The fourth-order valence-electron chi connectivity index (χ4n) is 2.08. The van der Waals surface area contributed by atoms with Gasteiger partial charge in [0.25, 0.3) is 0 Å². The Morgan fingerprint density at radius 1 is 1.15 bits per heavy atom. The van der Waals surface area contributed by atoms with E-state index in [1.54, 1.807) is 0 Å². The van der Waals surface area contributed by atoms with Crippen molar-refractivity contribution in [2.24, 2.45) is 0 Å². The molecule has 0 heterocycles. The van der Waals surface area contributed by atoms with E-state index < -0.39 is 0 Å². The predicted molar refractivity (Wildman–Crippen MR) is 85.9 cm³/mol. The molecule has 2 nitrogen and oxygen atoms in total. The lowest BCUT2D eigenvalue weighted by molar-refractivity contribution is 0.340. The van der Waals surface area contributed by atoms with E-state index in [0.29, 0.717) is 11.6 Å². The van der Waals surface area contributed by atoms with Crippen LogP contribution in [0.2, 0.25) is 5.02 Å². The Labute approximate surface area is 125 Å². The molecular weight excluding hydrogens is 270 g/mol. The number of anilines is 1. The molecular formula is C17H20ClNO. The quantitative estimate of drug-likeness (QED) is 0.839. The van der Waals surface area contributed by atoms with Crippen LogP contribution in [0, 0.1) is 13.8 Å². The van der Waals surface area contributed by atoms with Gasteiger partial charge in [0.2, 0.25) is 0 Å². The van der Waals surface area contributed by atoms with Crippen molar-refractivity contribution in [3.8, 4) is 5.75 Å². The first-order valence-corrected chi connectivity index (χ1v) is 7.21. The summed E-state index contributed by atoms with van der Waals surface area (Å²) in [6.45, 7) is 7.64. The number of aryl methyl sites for hydroxylation is 1.